The van der Waals surface area contributed by atoms with Crippen LogP contribution in [0.3, 0.4) is 0 Å². The number of halogens is 1. The molecule has 1 fully saturated rings. The third kappa shape index (κ3) is 4.02. The normalized spacial score (nSPS) is 19.8. The zero-order chi connectivity index (χ0) is 17.8. The number of hydrogen-bond acceptors (Lipinski definition) is 4. The molecule has 4 nitrogen and oxygen atoms in total. The second-order valence-corrected chi connectivity index (χ2v) is 8.26. The molecule has 0 radical (unpaired) electrons. The van der Waals surface area contributed by atoms with Gasteiger partial charge in [0, 0.05) is 27.8 Å². The molecular weight excluding hydrogens is 376 g/mol. The van der Waals surface area contributed by atoms with Gasteiger partial charge in [0.2, 0.25) is 5.91 Å². The highest BCUT2D eigenvalue weighted by atomic mass is 35.5. The van der Waals surface area contributed by atoms with Crippen LogP contribution in [0, 0.1) is 0 Å². The van der Waals surface area contributed by atoms with Crippen molar-refractivity contribution in [2.45, 2.75) is 24.8 Å². The van der Waals surface area contributed by atoms with Gasteiger partial charge in [-0.2, -0.15) is 0 Å². The predicted molar refractivity (Wildman–Crippen MR) is 104 cm³/mol. The van der Waals surface area contributed by atoms with E-state index in [2.05, 4.69) is 5.32 Å². The fourth-order valence-electron chi connectivity index (χ4n) is 2.71. The van der Waals surface area contributed by atoms with E-state index < -0.39 is 6.04 Å². The highest BCUT2D eigenvalue weighted by Gasteiger charge is 2.42. The molecule has 1 aliphatic rings. The Morgan fingerprint density at radius 3 is 2.68 bits per heavy atom. The maximum atomic E-state index is 13.1. The lowest BCUT2D eigenvalue weighted by Gasteiger charge is -2.28. The van der Waals surface area contributed by atoms with Gasteiger partial charge in [-0.05, 0) is 42.1 Å². The maximum absolute atomic E-state index is 13.1. The minimum atomic E-state index is -0.466. The van der Waals surface area contributed by atoms with Crippen LogP contribution < -0.4 is 5.32 Å². The monoisotopic (exact) mass is 394 g/mol. The van der Waals surface area contributed by atoms with E-state index in [0.717, 1.165) is 11.3 Å². The molecule has 1 aromatic heterocycles. The Bertz CT molecular complexity index is 734. The summed E-state index contributed by atoms with van der Waals surface area (Å²) >= 11 is 9.17. The van der Waals surface area contributed by atoms with Gasteiger partial charge in [-0.3, -0.25) is 9.59 Å². The van der Waals surface area contributed by atoms with Crippen LogP contribution in [-0.4, -0.2) is 35.1 Å². The van der Waals surface area contributed by atoms with E-state index in [0.29, 0.717) is 22.9 Å². The largest absolute Gasteiger partial charge is 0.354 e. The molecule has 1 aromatic carbocycles. The molecule has 1 aliphatic heterocycles. The first-order chi connectivity index (χ1) is 12.1. The van der Waals surface area contributed by atoms with Crippen molar-refractivity contribution in [1.82, 2.24) is 10.2 Å². The average molecular weight is 395 g/mol. The molecule has 2 aromatic rings. The molecular formula is C18H19ClN2O2S2. The van der Waals surface area contributed by atoms with Crippen molar-refractivity contribution in [3.05, 3.63) is 57.2 Å². The topological polar surface area (TPSA) is 49.4 Å². The van der Waals surface area contributed by atoms with Gasteiger partial charge in [0.25, 0.3) is 5.91 Å². The Kier molecular flexibility index (Phi) is 6.04. The second-order valence-electron chi connectivity index (χ2n) is 5.73. The molecule has 0 unspecified atom stereocenters. The first-order valence-corrected chi connectivity index (χ1v) is 10.4. The molecule has 2 heterocycles. The van der Waals surface area contributed by atoms with Gasteiger partial charge in [0.05, 0.1) is 0 Å². The standard InChI is InChI=1S/C18H19ClN2O2S2/c1-2-9-20-16(22)14-11-25-18(15-4-3-10-24-15)21(14)17(23)12-5-7-13(19)8-6-12/h3-8,10,14,18H,2,9,11H2,1H3,(H,20,22)/t14-,18-/m0/s1. The summed E-state index contributed by atoms with van der Waals surface area (Å²) in [5.41, 5.74) is 0.543. The summed E-state index contributed by atoms with van der Waals surface area (Å²) in [4.78, 5) is 28.5. The molecule has 1 saturated heterocycles. The van der Waals surface area contributed by atoms with Crippen LogP contribution in [0.2, 0.25) is 5.02 Å². The van der Waals surface area contributed by atoms with Crippen LogP contribution in [0.15, 0.2) is 41.8 Å². The summed E-state index contributed by atoms with van der Waals surface area (Å²) in [6.07, 6.45) is 0.866. The van der Waals surface area contributed by atoms with Crippen LogP contribution >= 0.6 is 34.7 Å². The molecule has 2 atom stereocenters. The van der Waals surface area contributed by atoms with Gasteiger partial charge >= 0.3 is 0 Å². The first kappa shape index (κ1) is 18.3. The zero-order valence-electron chi connectivity index (χ0n) is 13.8. The number of amides is 2. The maximum Gasteiger partial charge on any atom is 0.255 e. The second kappa shape index (κ2) is 8.25. The number of carbonyl (C=O) groups is 2. The fourth-order valence-corrected chi connectivity index (χ4v) is 5.24. The molecule has 3 rings (SSSR count). The number of nitrogens with zero attached hydrogens (tertiary/aromatic N) is 1. The lowest BCUT2D eigenvalue weighted by molar-refractivity contribution is -0.124. The number of benzene rings is 1. The molecule has 0 saturated carbocycles. The van der Waals surface area contributed by atoms with E-state index >= 15 is 0 Å². The Hall–Kier alpha value is -1.50. The minimum absolute atomic E-state index is 0.0873. The Balaban J connectivity index is 1.90. The Morgan fingerprint density at radius 1 is 1.28 bits per heavy atom. The van der Waals surface area contributed by atoms with Crippen molar-refractivity contribution in [3.63, 3.8) is 0 Å². The lowest BCUT2D eigenvalue weighted by Crippen LogP contribution is -2.48. The zero-order valence-corrected chi connectivity index (χ0v) is 16.2. The van der Waals surface area contributed by atoms with Gasteiger partial charge in [0.15, 0.2) is 0 Å². The van der Waals surface area contributed by atoms with Gasteiger partial charge in [0.1, 0.15) is 11.4 Å². The Morgan fingerprint density at radius 2 is 2.04 bits per heavy atom. The SMILES string of the molecule is CCCNC(=O)[C@@H]1CS[C@@H](c2cccs2)N1C(=O)c1ccc(Cl)cc1. The number of hydrogen-bond donors (Lipinski definition) is 1. The number of rotatable bonds is 5. The van der Waals surface area contributed by atoms with E-state index in [1.165, 1.54) is 0 Å². The van der Waals surface area contributed by atoms with Crippen LogP contribution in [-0.2, 0) is 4.79 Å². The Labute approximate surface area is 160 Å². The summed E-state index contributed by atoms with van der Waals surface area (Å²) < 4.78 is 0. The van der Waals surface area contributed by atoms with Crippen LogP contribution in [0.1, 0.15) is 34.0 Å². The molecule has 7 heteroatoms. The molecule has 2 amide bonds. The smallest absolute Gasteiger partial charge is 0.255 e. The van der Waals surface area contributed by atoms with E-state index in [1.807, 2.05) is 24.4 Å². The van der Waals surface area contributed by atoms with Gasteiger partial charge in [-0.1, -0.05) is 24.6 Å². The minimum Gasteiger partial charge on any atom is -0.354 e. The summed E-state index contributed by atoms with van der Waals surface area (Å²) in [6, 6.07) is 10.3. The number of carbonyl (C=O) groups excluding carboxylic acids is 2. The summed E-state index contributed by atoms with van der Waals surface area (Å²) in [6.45, 7) is 2.63. The van der Waals surface area contributed by atoms with Crippen molar-refractivity contribution in [2.24, 2.45) is 0 Å². The van der Waals surface area contributed by atoms with Gasteiger partial charge < -0.3 is 10.2 Å². The average Bonchev–Trinajstić information content (AvgIpc) is 3.28. The number of thiophene rings is 1. The molecule has 132 valence electrons. The number of nitrogens with one attached hydrogen (secondary N) is 1. The molecule has 1 N–H and O–H groups in total. The third-order valence-electron chi connectivity index (χ3n) is 3.96. The van der Waals surface area contributed by atoms with E-state index in [-0.39, 0.29) is 17.2 Å². The van der Waals surface area contributed by atoms with Crippen LogP contribution in [0.4, 0.5) is 0 Å². The fraction of sp³-hybridized carbons (Fsp3) is 0.333. The number of thioether (sulfide) groups is 1. The van der Waals surface area contributed by atoms with Crippen LogP contribution in [0.25, 0.3) is 0 Å². The predicted octanol–water partition coefficient (Wildman–Crippen LogP) is 4.18. The molecule has 0 bridgehead atoms. The molecule has 0 aliphatic carbocycles. The molecule has 25 heavy (non-hydrogen) atoms. The highest BCUT2D eigenvalue weighted by molar-refractivity contribution is 7.99. The van der Waals surface area contributed by atoms with Gasteiger partial charge in [-0.15, -0.1) is 23.1 Å². The van der Waals surface area contributed by atoms with Crippen LogP contribution in [0.5, 0.6) is 0 Å². The van der Waals surface area contributed by atoms with Gasteiger partial charge in [-0.25, -0.2) is 0 Å². The van der Waals surface area contributed by atoms with Crippen molar-refractivity contribution in [1.29, 1.82) is 0 Å². The lowest BCUT2D eigenvalue weighted by atomic mass is 10.1. The van der Waals surface area contributed by atoms with Crippen molar-refractivity contribution >= 4 is 46.5 Å². The summed E-state index contributed by atoms with van der Waals surface area (Å²) in [5.74, 6) is 0.365. The van der Waals surface area contributed by atoms with Crippen molar-refractivity contribution < 1.29 is 9.59 Å². The summed E-state index contributed by atoms with van der Waals surface area (Å²) in [5, 5.41) is 5.36. The quantitative estimate of drug-likeness (QED) is 0.827. The highest BCUT2D eigenvalue weighted by Crippen LogP contribution is 2.43. The first-order valence-electron chi connectivity index (χ1n) is 8.12. The molecule has 0 spiro atoms. The van der Waals surface area contributed by atoms with E-state index in [1.54, 1.807) is 52.3 Å². The summed E-state index contributed by atoms with van der Waals surface area (Å²) in [7, 11) is 0. The van der Waals surface area contributed by atoms with Crippen molar-refractivity contribution in [3.8, 4) is 0 Å². The third-order valence-corrected chi connectivity index (χ3v) is 6.60. The van der Waals surface area contributed by atoms with Crippen molar-refractivity contribution in [2.75, 3.05) is 12.3 Å². The van der Waals surface area contributed by atoms with E-state index in [4.69, 9.17) is 11.6 Å². The van der Waals surface area contributed by atoms with E-state index in [9.17, 15) is 9.59 Å².